The summed E-state index contributed by atoms with van der Waals surface area (Å²) in [5, 5.41) is 14.5. The molecule has 0 aromatic heterocycles. The number of phenols is 1. The summed E-state index contributed by atoms with van der Waals surface area (Å²) >= 11 is 1.64. The van der Waals surface area contributed by atoms with Gasteiger partial charge in [0, 0.05) is 27.5 Å². The van der Waals surface area contributed by atoms with Gasteiger partial charge in [-0.05, 0) is 42.0 Å². The Morgan fingerprint density at radius 3 is 2.43 bits per heavy atom. The summed E-state index contributed by atoms with van der Waals surface area (Å²) < 4.78 is 5.79. The largest absolute Gasteiger partial charge is 0.507 e. The number of ether oxygens (including phenoxy) is 1. The topological polar surface area (TPSA) is 58.6 Å². The van der Waals surface area contributed by atoms with Gasteiger partial charge in [-0.15, -0.1) is 18.3 Å². The molecule has 0 aliphatic carbocycles. The Hall–Kier alpha value is -2.92. The smallest absolute Gasteiger partial charge is 0.412 e. The maximum absolute atomic E-state index is 12.6. The Kier molecular flexibility index (Phi) is 6.26. The number of benzene rings is 3. The summed E-state index contributed by atoms with van der Waals surface area (Å²) in [5.74, 6) is 0.0836. The highest BCUT2D eigenvalue weighted by molar-refractivity contribution is 7.98. The highest BCUT2D eigenvalue weighted by Gasteiger charge is 2.24. The second kappa shape index (κ2) is 8.85. The molecule has 0 heterocycles. The molecule has 5 heteroatoms. The zero-order valence-corrected chi connectivity index (χ0v) is 16.7. The van der Waals surface area contributed by atoms with Gasteiger partial charge in [0.1, 0.15) is 11.9 Å². The highest BCUT2D eigenvalue weighted by atomic mass is 32.2. The SMILES string of the molecule is C=C[C@@H](C)[C@@H](OC(=O)Nc1ccc(SC)cc1)c1ccc(O)c2ccccc12. The van der Waals surface area contributed by atoms with Crippen molar-refractivity contribution in [2.75, 3.05) is 11.6 Å². The molecule has 0 aliphatic heterocycles. The van der Waals surface area contributed by atoms with Gasteiger partial charge in [-0.3, -0.25) is 5.32 Å². The van der Waals surface area contributed by atoms with Crippen LogP contribution in [0.5, 0.6) is 5.75 Å². The first-order valence-electron chi connectivity index (χ1n) is 8.98. The van der Waals surface area contributed by atoms with E-state index in [0.29, 0.717) is 5.69 Å². The van der Waals surface area contributed by atoms with Crippen LogP contribution in [0.15, 0.2) is 78.2 Å². The number of thioether (sulfide) groups is 1. The van der Waals surface area contributed by atoms with Gasteiger partial charge in [0.2, 0.25) is 0 Å². The zero-order valence-electron chi connectivity index (χ0n) is 15.9. The Labute approximate surface area is 169 Å². The minimum absolute atomic E-state index is 0.113. The van der Waals surface area contributed by atoms with Gasteiger partial charge in [0.15, 0.2) is 0 Å². The number of carbonyl (C=O) groups is 1. The number of carbonyl (C=O) groups excluding carboxylic acids is 1. The Morgan fingerprint density at radius 1 is 1.11 bits per heavy atom. The predicted molar refractivity (Wildman–Crippen MR) is 116 cm³/mol. The maximum atomic E-state index is 12.6. The fourth-order valence-corrected chi connectivity index (χ4v) is 3.48. The molecule has 2 atom stereocenters. The van der Waals surface area contributed by atoms with Crippen molar-refractivity contribution in [3.63, 3.8) is 0 Å². The average molecular weight is 394 g/mol. The molecule has 144 valence electrons. The second-order valence-electron chi connectivity index (χ2n) is 6.49. The number of hydrogen-bond donors (Lipinski definition) is 2. The number of aromatic hydroxyl groups is 1. The van der Waals surface area contributed by atoms with Gasteiger partial charge in [0.25, 0.3) is 0 Å². The van der Waals surface area contributed by atoms with E-state index in [1.807, 2.05) is 61.7 Å². The van der Waals surface area contributed by atoms with Gasteiger partial charge in [-0.1, -0.05) is 43.3 Å². The Balaban J connectivity index is 1.88. The van der Waals surface area contributed by atoms with E-state index in [4.69, 9.17) is 4.74 Å². The summed E-state index contributed by atoms with van der Waals surface area (Å²) in [4.78, 5) is 13.7. The van der Waals surface area contributed by atoms with Gasteiger partial charge in [-0.25, -0.2) is 4.79 Å². The minimum Gasteiger partial charge on any atom is -0.507 e. The summed E-state index contributed by atoms with van der Waals surface area (Å²) in [6.07, 6.45) is 2.69. The van der Waals surface area contributed by atoms with E-state index in [1.165, 1.54) is 0 Å². The maximum Gasteiger partial charge on any atom is 0.412 e. The molecule has 3 aromatic rings. The van der Waals surface area contributed by atoms with Crippen molar-refractivity contribution >= 4 is 34.3 Å². The lowest BCUT2D eigenvalue weighted by atomic mass is 9.92. The van der Waals surface area contributed by atoms with Crippen LogP contribution in [0.1, 0.15) is 18.6 Å². The van der Waals surface area contributed by atoms with E-state index in [0.717, 1.165) is 21.2 Å². The molecule has 0 radical (unpaired) electrons. The summed E-state index contributed by atoms with van der Waals surface area (Å²) in [7, 11) is 0. The van der Waals surface area contributed by atoms with E-state index < -0.39 is 12.2 Å². The molecule has 0 fully saturated rings. The minimum atomic E-state index is -0.534. The van der Waals surface area contributed by atoms with Crippen molar-refractivity contribution in [2.24, 2.45) is 5.92 Å². The molecule has 4 nitrogen and oxygen atoms in total. The lowest BCUT2D eigenvalue weighted by Crippen LogP contribution is -2.21. The van der Waals surface area contributed by atoms with Gasteiger partial charge in [-0.2, -0.15) is 0 Å². The Morgan fingerprint density at radius 2 is 1.79 bits per heavy atom. The van der Waals surface area contributed by atoms with Crippen molar-refractivity contribution in [3.8, 4) is 5.75 Å². The van der Waals surface area contributed by atoms with Crippen molar-refractivity contribution < 1.29 is 14.6 Å². The summed E-state index contributed by atoms with van der Waals surface area (Å²) in [6, 6.07) is 18.5. The van der Waals surface area contributed by atoms with Crippen LogP contribution in [0.3, 0.4) is 0 Å². The average Bonchev–Trinajstić information content (AvgIpc) is 2.73. The van der Waals surface area contributed by atoms with Crippen LogP contribution in [-0.4, -0.2) is 17.5 Å². The van der Waals surface area contributed by atoms with E-state index >= 15 is 0 Å². The zero-order chi connectivity index (χ0) is 20.1. The molecule has 0 aliphatic rings. The molecular weight excluding hydrogens is 370 g/mol. The molecule has 0 saturated carbocycles. The fourth-order valence-electron chi connectivity index (χ4n) is 3.07. The summed E-state index contributed by atoms with van der Waals surface area (Å²) in [5.41, 5.74) is 1.50. The molecular formula is C23H23NO3S. The van der Waals surface area contributed by atoms with Crippen LogP contribution in [-0.2, 0) is 4.74 Å². The number of anilines is 1. The lowest BCUT2D eigenvalue weighted by Gasteiger charge is -2.24. The molecule has 0 unspecified atom stereocenters. The second-order valence-corrected chi connectivity index (χ2v) is 7.37. The van der Waals surface area contributed by atoms with E-state index in [1.54, 1.807) is 30.0 Å². The van der Waals surface area contributed by atoms with Crippen LogP contribution in [0.25, 0.3) is 10.8 Å². The van der Waals surface area contributed by atoms with Gasteiger partial charge < -0.3 is 9.84 Å². The summed E-state index contributed by atoms with van der Waals surface area (Å²) in [6.45, 7) is 5.80. The first-order chi connectivity index (χ1) is 13.5. The number of nitrogens with one attached hydrogen (secondary N) is 1. The van der Waals surface area contributed by atoms with Crippen LogP contribution in [0.4, 0.5) is 10.5 Å². The van der Waals surface area contributed by atoms with Gasteiger partial charge >= 0.3 is 6.09 Å². The first-order valence-corrected chi connectivity index (χ1v) is 10.2. The van der Waals surface area contributed by atoms with Crippen LogP contribution in [0, 0.1) is 5.92 Å². The van der Waals surface area contributed by atoms with E-state index in [9.17, 15) is 9.90 Å². The van der Waals surface area contributed by atoms with Crippen molar-refractivity contribution in [1.29, 1.82) is 0 Å². The molecule has 0 bridgehead atoms. The molecule has 2 N–H and O–H groups in total. The number of rotatable bonds is 6. The molecule has 28 heavy (non-hydrogen) atoms. The quantitative estimate of drug-likeness (QED) is 0.377. The third-order valence-electron chi connectivity index (χ3n) is 4.66. The normalized spacial score (nSPS) is 12.9. The molecule has 0 saturated heterocycles. The van der Waals surface area contributed by atoms with Crippen LogP contribution in [0.2, 0.25) is 0 Å². The third-order valence-corrected chi connectivity index (χ3v) is 5.40. The number of phenolic OH excluding ortho intramolecular Hbond substituents is 1. The fraction of sp³-hybridized carbons (Fsp3) is 0.174. The number of fused-ring (bicyclic) bond motifs is 1. The predicted octanol–water partition coefficient (Wildman–Crippen LogP) is 6.38. The standard InChI is InChI=1S/C23H23NO3S/c1-4-15(2)22(20-13-14-21(25)19-8-6-5-7-18(19)20)27-23(26)24-16-9-11-17(28-3)12-10-16/h4-15,22,25H,1H2,2-3H3,(H,24,26)/t15-,22-/m1/s1. The molecule has 3 rings (SSSR count). The van der Waals surface area contributed by atoms with Crippen molar-refractivity contribution in [3.05, 3.63) is 78.9 Å². The molecule has 3 aromatic carbocycles. The van der Waals surface area contributed by atoms with Gasteiger partial charge in [0.05, 0.1) is 0 Å². The first kappa shape index (κ1) is 19.8. The van der Waals surface area contributed by atoms with E-state index in [2.05, 4.69) is 11.9 Å². The Bertz CT molecular complexity index is 985. The van der Waals surface area contributed by atoms with Crippen LogP contribution < -0.4 is 5.32 Å². The highest BCUT2D eigenvalue weighted by Crippen LogP contribution is 2.36. The number of hydrogen-bond acceptors (Lipinski definition) is 4. The lowest BCUT2D eigenvalue weighted by molar-refractivity contribution is 0.0906. The third kappa shape index (κ3) is 4.31. The molecule has 0 spiro atoms. The number of amides is 1. The van der Waals surface area contributed by atoms with E-state index in [-0.39, 0.29) is 11.7 Å². The molecule has 1 amide bonds. The van der Waals surface area contributed by atoms with Crippen molar-refractivity contribution in [2.45, 2.75) is 17.9 Å². The monoisotopic (exact) mass is 393 g/mol. The van der Waals surface area contributed by atoms with Crippen LogP contribution >= 0.6 is 11.8 Å². The van der Waals surface area contributed by atoms with Crippen molar-refractivity contribution in [1.82, 2.24) is 0 Å².